The van der Waals surface area contributed by atoms with Gasteiger partial charge in [0.2, 0.25) is 5.76 Å². The molecular formula is C32H31ClN2O8. The van der Waals surface area contributed by atoms with Gasteiger partial charge in [0.05, 0.1) is 37.6 Å². The second kappa shape index (κ2) is 13.5. The van der Waals surface area contributed by atoms with Gasteiger partial charge in [0.1, 0.15) is 24.7 Å². The topological polar surface area (TPSA) is 110 Å². The number of carbonyl (C=O) groups excluding carboxylic acids is 2. The molecule has 0 saturated carbocycles. The molecule has 1 aromatic heterocycles. The van der Waals surface area contributed by atoms with E-state index in [0.29, 0.717) is 36.5 Å². The SMILES string of the molecule is COC(=O)c1cc([C@@H]2CCN(C(=O)c3ccc(OCc4ccc(OC)cc4)c(OCc4ccc(OC)cc4)c3Cl)C2)no1. The fourth-order valence-corrected chi connectivity index (χ4v) is 5.04. The summed E-state index contributed by atoms with van der Waals surface area (Å²) in [5.74, 6) is 1.23. The minimum Gasteiger partial charge on any atom is -0.497 e. The maximum absolute atomic E-state index is 13.7. The first-order valence-corrected chi connectivity index (χ1v) is 14.0. The monoisotopic (exact) mass is 606 g/mol. The highest BCUT2D eigenvalue weighted by Gasteiger charge is 2.32. The fraction of sp³-hybridized carbons (Fsp3) is 0.281. The second-order valence-electron chi connectivity index (χ2n) is 9.87. The van der Waals surface area contributed by atoms with Crippen molar-refractivity contribution in [2.75, 3.05) is 34.4 Å². The number of methoxy groups -OCH3 is 3. The number of hydrogen-bond donors (Lipinski definition) is 0. The molecule has 1 atom stereocenters. The molecule has 1 fully saturated rings. The van der Waals surface area contributed by atoms with Crippen LogP contribution in [0.4, 0.5) is 0 Å². The van der Waals surface area contributed by atoms with Crippen LogP contribution in [0.2, 0.25) is 5.02 Å². The van der Waals surface area contributed by atoms with Gasteiger partial charge in [0, 0.05) is 25.1 Å². The maximum Gasteiger partial charge on any atom is 0.376 e. The van der Waals surface area contributed by atoms with Crippen molar-refractivity contribution in [3.05, 3.63) is 99.9 Å². The van der Waals surface area contributed by atoms with Gasteiger partial charge in [-0.25, -0.2) is 4.79 Å². The van der Waals surface area contributed by atoms with Crippen molar-refractivity contribution in [3.63, 3.8) is 0 Å². The number of likely N-dealkylation sites (tertiary alicyclic amines) is 1. The molecule has 0 radical (unpaired) electrons. The van der Waals surface area contributed by atoms with E-state index in [4.69, 9.17) is 35.1 Å². The smallest absolute Gasteiger partial charge is 0.376 e. The van der Waals surface area contributed by atoms with E-state index in [1.165, 1.54) is 7.11 Å². The number of amides is 1. The molecule has 0 unspecified atom stereocenters. The summed E-state index contributed by atoms with van der Waals surface area (Å²) in [5.41, 5.74) is 2.69. The first kappa shape index (κ1) is 29.8. The van der Waals surface area contributed by atoms with Crippen LogP contribution in [0.5, 0.6) is 23.0 Å². The van der Waals surface area contributed by atoms with Crippen molar-refractivity contribution in [2.24, 2.45) is 0 Å². The molecule has 1 saturated heterocycles. The molecule has 5 rings (SSSR count). The van der Waals surface area contributed by atoms with Gasteiger partial charge in [-0.1, -0.05) is 41.0 Å². The third kappa shape index (κ3) is 6.86. The Morgan fingerprint density at radius 2 is 1.53 bits per heavy atom. The van der Waals surface area contributed by atoms with E-state index in [0.717, 1.165) is 22.6 Å². The highest BCUT2D eigenvalue weighted by molar-refractivity contribution is 6.35. The third-order valence-corrected chi connectivity index (χ3v) is 7.57. The van der Waals surface area contributed by atoms with E-state index in [2.05, 4.69) is 9.89 Å². The van der Waals surface area contributed by atoms with Crippen molar-refractivity contribution < 1.29 is 37.8 Å². The van der Waals surface area contributed by atoms with Gasteiger partial charge in [-0.05, 0) is 53.9 Å². The van der Waals surface area contributed by atoms with Crippen LogP contribution in [0.1, 0.15) is 50.1 Å². The van der Waals surface area contributed by atoms with Crippen molar-refractivity contribution in [3.8, 4) is 23.0 Å². The van der Waals surface area contributed by atoms with Crippen molar-refractivity contribution in [2.45, 2.75) is 25.6 Å². The second-order valence-corrected chi connectivity index (χ2v) is 10.3. The molecule has 0 spiro atoms. The molecule has 1 aliphatic rings. The first-order chi connectivity index (χ1) is 20.9. The van der Waals surface area contributed by atoms with Gasteiger partial charge in [-0.3, -0.25) is 4.79 Å². The average Bonchev–Trinajstić information content (AvgIpc) is 3.74. The summed E-state index contributed by atoms with van der Waals surface area (Å²) < 4.78 is 32.6. The molecule has 11 heteroatoms. The van der Waals surface area contributed by atoms with Crippen LogP contribution in [0.25, 0.3) is 0 Å². The van der Waals surface area contributed by atoms with E-state index in [9.17, 15) is 9.59 Å². The first-order valence-electron chi connectivity index (χ1n) is 13.6. The number of nitrogens with zero attached hydrogens (tertiary/aromatic N) is 2. The summed E-state index contributed by atoms with van der Waals surface area (Å²) in [6.45, 7) is 1.32. The molecule has 1 amide bonds. The Hall–Kier alpha value is -4.70. The number of ether oxygens (including phenoxy) is 5. The molecule has 43 heavy (non-hydrogen) atoms. The summed E-state index contributed by atoms with van der Waals surface area (Å²) in [6.07, 6.45) is 0.653. The van der Waals surface area contributed by atoms with E-state index >= 15 is 0 Å². The molecule has 0 aliphatic carbocycles. The quantitative estimate of drug-likeness (QED) is 0.192. The fourth-order valence-electron chi connectivity index (χ4n) is 4.75. The molecule has 2 heterocycles. The lowest BCUT2D eigenvalue weighted by Gasteiger charge is -2.20. The standard InChI is InChI=1S/C32H31ClN2O8/c1-38-23-8-4-20(5-9-23)18-41-27-13-12-25(29(33)30(27)42-19-21-6-10-24(39-2)11-7-21)31(36)35-15-14-22(17-35)26-16-28(43-34-26)32(37)40-3/h4-13,16,22H,14-15,17-19H2,1-3H3/t22-/m1/s1. The normalized spacial score (nSPS) is 14.3. The lowest BCUT2D eigenvalue weighted by atomic mass is 10.1. The van der Waals surface area contributed by atoms with Crippen molar-refractivity contribution in [1.82, 2.24) is 10.1 Å². The van der Waals surface area contributed by atoms with Gasteiger partial charge in [-0.15, -0.1) is 0 Å². The van der Waals surface area contributed by atoms with Crippen LogP contribution < -0.4 is 18.9 Å². The average molecular weight is 607 g/mol. The van der Waals surface area contributed by atoms with E-state index < -0.39 is 5.97 Å². The highest BCUT2D eigenvalue weighted by Crippen LogP contribution is 2.40. The van der Waals surface area contributed by atoms with Crippen LogP contribution in [0, 0.1) is 0 Å². The number of carbonyl (C=O) groups is 2. The minimum absolute atomic E-state index is 0.0224. The lowest BCUT2D eigenvalue weighted by molar-refractivity contribution is 0.0554. The van der Waals surface area contributed by atoms with E-state index in [1.807, 2.05) is 48.5 Å². The number of rotatable bonds is 11. The Balaban J connectivity index is 1.35. The summed E-state index contributed by atoms with van der Waals surface area (Å²) in [7, 11) is 4.49. The number of hydrogen-bond acceptors (Lipinski definition) is 9. The molecule has 0 N–H and O–H groups in total. The Bertz CT molecular complexity index is 1570. The predicted molar refractivity (Wildman–Crippen MR) is 157 cm³/mol. The van der Waals surface area contributed by atoms with Crippen LogP contribution in [-0.4, -0.2) is 56.4 Å². The molecule has 1 aliphatic heterocycles. The van der Waals surface area contributed by atoms with Crippen LogP contribution >= 0.6 is 11.6 Å². The van der Waals surface area contributed by atoms with Crippen LogP contribution in [-0.2, 0) is 18.0 Å². The van der Waals surface area contributed by atoms with Crippen molar-refractivity contribution >= 4 is 23.5 Å². The summed E-state index contributed by atoms with van der Waals surface area (Å²) in [5, 5.41) is 4.16. The predicted octanol–water partition coefficient (Wildman–Crippen LogP) is 5.92. The molecule has 10 nitrogen and oxygen atoms in total. The number of esters is 1. The van der Waals surface area contributed by atoms with Gasteiger partial charge in [0.15, 0.2) is 11.5 Å². The molecule has 4 aromatic rings. The van der Waals surface area contributed by atoms with Crippen LogP contribution in [0.15, 0.2) is 71.3 Å². The number of benzene rings is 3. The molecular weight excluding hydrogens is 576 g/mol. The number of halogens is 1. The van der Waals surface area contributed by atoms with E-state index in [-0.39, 0.29) is 41.6 Å². The van der Waals surface area contributed by atoms with Crippen molar-refractivity contribution in [1.29, 1.82) is 0 Å². The van der Waals surface area contributed by atoms with Gasteiger partial charge >= 0.3 is 5.97 Å². The Morgan fingerprint density at radius 1 is 0.907 bits per heavy atom. The Labute approximate surface area is 254 Å². The summed E-state index contributed by atoms with van der Waals surface area (Å²) >= 11 is 6.86. The Morgan fingerprint density at radius 3 is 2.14 bits per heavy atom. The summed E-state index contributed by atoms with van der Waals surface area (Å²) in [6, 6.07) is 19.9. The van der Waals surface area contributed by atoms with Crippen LogP contribution in [0.3, 0.4) is 0 Å². The maximum atomic E-state index is 13.7. The zero-order chi connectivity index (χ0) is 30.3. The third-order valence-electron chi connectivity index (χ3n) is 7.20. The Kier molecular flexibility index (Phi) is 9.36. The van der Waals surface area contributed by atoms with Gasteiger partial charge in [0.25, 0.3) is 5.91 Å². The zero-order valence-corrected chi connectivity index (χ0v) is 24.8. The lowest BCUT2D eigenvalue weighted by Crippen LogP contribution is -2.28. The minimum atomic E-state index is -0.604. The van der Waals surface area contributed by atoms with Gasteiger partial charge < -0.3 is 33.1 Å². The zero-order valence-electron chi connectivity index (χ0n) is 24.0. The highest BCUT2D eigenvalue weighted by atomic mass is 35.5. The molecule has 224 valence electrons. The largest absolute Gasteiger partial charge is 0.497 e. The summed E-state index contributed by atoms with van der Waals surface area (Å²) in [4.78, 5) is 27.1. The van der Waals surface area contributed by atoms with E-state index in [1.54, 1.807) is 37.3 Å². The molecule has 3 aromatic carbocycles. The molecule has 0 bridgehead atoms. The van der Waals surface area contributed by atoms with Gasteiger partial charge in [-0.2, -0.15) is 0 Å². The number of aromatic nitrogens is 1.